The molecule has 0 aliphatic heterocycles. The summed E-state index contributed by atoms with van der Waals surface area (Å²) in [6, 6.07) is 5.47. The lowest BCUT2D eigenvalue weighted by molar-refractivity contribution is -0.118. The van der Waals surface area contributed by atoms with Gasteiger partial charge in [-0.25, -0.2) is 0 Å². The zero-order valence-electron chi connectivity index (χ0n) is 10.6. The Kier molecular flexibility index (Phi) is 5.43. The molecule has 1 aliphatic rings. The van der Waals surface area contributed by atoms with Crippen LogP contribution in [0.15, 0.2) is 18.2 Å². The standard InChI is InChI=1S/C14H17Cl2NOS/c15-11-5-9(6-12(16)7-11)8-19-13(14(17)18)10-3-1-2-4-10/h5-7,10,13H,1-4,8H2,(H2,17,18). The van der Waals surface area contributed by atoms with Crippen molar-refractivity contribution in [2.45, 2.75) is 36.7 Å². The second kappa shape index (κ2) is 6.87. The van der Waals surface area contributed by atoms with Gasteiger partial charge in [0.15, 0.2) is 0 Å². The van der Waals surface area contributed by atoms with Gasteiger partial charge in [-0.05, 0) is 42.5 Å². The summed E-state index contributed by atoms with van der Waals surface area (Å²) in [5.74, 6) is 0.937. The molecule has 1 amide bonds. The molecule has 2 rings (SSSR count). The third-order valence-electron chi connectivity index (χ3n) is 3.46. The number of amides is 1. The maximum atomic E-state index is 11.6. The lowest BCUT2D eigenvalue weighted by atomic mass is 10.0. The van der Waals surface area contributed by atoms with Gasteiger partial charge < -0.3 is 5.73 Å². The molecule has 0 heterocycles. The van der Waals surface area contributed by atoms with E-state index in [4.69, 9.17) is 28.9 Å². The van der Waals surface area contributed by atoms with Gasteiger partial charge in [-0.2, -0.15) is 0 Å². The zero-order valence-corrected chi connectivity index (χ0v) is 12.9. The van der Waals surface area contributed by atoms with Gasteiger partial charge in [-0.15, -0.1) is 11.8 Å². The number of primary amides is 1. The fourth-order valence-electron chi connectivity index (χ4n) is 2.59. The van der Waals surface area contributed by atoms with Crippen LogP contribution < -0.4 is 5.73 Å². The van der Waals surface area contributed by atoms with E-state index in [1.807, 2.05) is 12.1 Å². The third-order valence-corrected chi connectivity index (χ3v) is 5.37. The van der Waals surface area contributed by atoms with Crippen molar-refractivity contribution in [2.75, 3.05) is 0 Å². The Morgan fingerprint density at radius 2 is 1.84 bits per heavy atom. The molecule has 5 heteroatoms. The molecule has 1 aromatic rings. The van der Waals surface area contributed by atoms with E-state index in [0.717, 1.165) is 18.4 Å². The number of rotatable bonds is 5. The lowest BCUT2D eigenvalue weighted by Crippen LogP contribution is -2.31. The first-order chi connectivity index (χ1) is 9.06. The average Bonchev–Trinajstić information content (AvgIpc) is 2.81. The van der Waals surface area contributed by atoms with Crippen molar-refractivity contribution < 1.29 is 4.79 Å². The summed E-state index contributed by atoms with van der Waals surface area (Å²) in [4.78, 5) is 11.6. The van der Waals surface area contributed by atoms with Gasteiger partial charge in [0.2, 0.25) is 5.91 Å². The number of thioether (sulfide) groups is 1. The Balaban J connectivity index is 2.00. The number of carbonyl (C=O) groups is 1. The zero-order chi connectivity index (χ0) is 13.8. The highest BCUT2D eigenvalue weighted by Crippen LogP contribution is 2.35. The monoisotopic (exact) mass is 317 g/mol. The number of hydrogen-bond acceptors (Lipinski definition) is 2. The summed E-state index contributed by atoms with van der Waals surface area (Å²) in [7, 11) is 0. The minimum atomic E-state index is -0.204. The Morgan fingerprint density at radius 3 is 2.37 bits per heavy atom. The van der Waals surface area contributed by atoms with Gasteiger partial charge in [0.05, 0.1) is 5.25 Å². The van der Waals surface area contributed by atoms with Crippen molar-refractivity contribution in [1.29, 1.82) is 0 Å². The van der Waals surface area contributed by atoms with Crippen LogP contribution in [-0.2, 0) is 10.5 Å². The SMILES string of the molecule is NC(=O)C(SCc1cc(Cl)cc(Cl)c1)C1CCCC1. The van der Waals surface area contributed by atoms with Gasteiger partial charge in [-0.1, -0.05) is 36.0 Å². The minimum absolute atomic E-state index is 0.0970. The fourth-order valence-corrected chi connectivity index (χ4v) is 4.41. The highest BCUT2D eigenvalue weighted by atomic mass is 35.5. The van der Waals surface area contributed by atoms with Crippen LogP contribution in [0.25, 0.3) is 0 Å². The van der Waals surface area contributed by atoms with Crippen LogP contribution in [0.4, 0.5) is 0 Å². The van der Waals surface area contributed by atoms with Gasteiger partial charge in [0.1, 0.15) is 0 Å². The molecule has 1 atom stereocenters. The van der Waals surface area contributed by atoms with Crippen LogP contribution in [0.5, 0.6) is 0 Å². The highest BCUT2D eigenvalue weighted by molar-refractivity contribution is 7.99. The van der Waals surface area contributed by atoms with Crippen molar-refractivity contribution in [2.24, 2.45) is 11.7 Å². The van der Waals surface area contributed by atoms with E-state index >= 15 is 0 Å². The Bertz CT molecular complexity index is 441. The van der Waals surface area contributed by atoms with Crippen LogP contribution in [-0.4, -0.2) is 11.2 Å². The molecule has 19 heavy (non-hydrogen) atoms. The number of halogens is 2. The Hall–Kier alpha value is -0.380. The topological polar surface area (TPSA) is 43.1 Å². The smallest absolute Gasteiger partial charge is 0.230 e. The molecule has 0 bridgehead atoms. The maximum absolute atomic E-state index is 11.6. The third kappa shape index (κ3) is 4.30. The molecule has 1 unspecified atom stereocenters. The quantitative estimate of drug-likeness (QED) is 0.881. The first kappa shape index (κ1) is 15.0. The van der Waals surface area contributed by atoms with Crippen molar-refractivity contribution in [3.8, 4) is 0 Å². The average molecular weight is 318 g/mol. The summed E-state index contributed by atoms with van der Waals surface area (Å²) >= 11 is 13.5. The number of benzene rings is 1. The molecule has 0 radical (unpaired) electrons. The second-order valence-electron chi connectivity index (χ2n) is 4.96. The predicted octanol–water partition coefficient (Wildman–Crippen LogP) is 4.27. The summed E-state index contributed by atoms with van der Waals surface area (Å²) in [5, 5.41) is 1.15. The number of carbonyl (C=O) groups excluding carboxylic acids is 1. The first-order valence-corrected chi connectivity index (χ1v) is 8.22. The molecule has 0 spiro atoms. The Labute approximate surface area is 128 Å². The number of nitrogens with two attached hydrogens (primary N) is 1. The van der Waals surface area contributed by atoms with Gasteiger partial charge in [-0.3, -0.25) is 4.79 Å². The van der Waals surface area contributed by atoms with Crippen molar-refractivity contribution in [3.05, 3.63) is 33.8 Å². The van der Waals surface area contributed by atoms with Crippen LogP contribution in [0.1, 0.15) is 31.2 Å². The normalized spacial score (nSPS) is 17.6. The summed E-state index contributed by atoms with van der Waals surface area (Å²) in [6.45, 7) is 0. The molecule has 1 saturated carbocycles. The van der Waals surface area contributed by atoms with E-state index in [9.17, 15) is 4.79 Å². The highest BCUT2D eigenvalue weighted by Gasteiger charge is 2.29. The summed E-state index contributed by atoms with van der Waals surface area (Å²) in [5.41, 5.74) is 6.56. The molecule has 2 N–H and O–H groups in total. The predicted molar refractivity (Wildman–Crippen MR) is 82.7 cm³/mol. The van der Waals surface area contributed by atoms with Gasteiger partial charge in [0.25, 0.3) is 0 Å². The van der Waals surface area contributed by atoms with E-state index < -0.39 is 0 Å². The molecular weight excluding hydrogens is 301 g/mol. The Morgan fingerprint density at radius 1 is 1.26 bits per heavy atom. The molecular formula is C14H17Cl2NOS. The maximum Gasteiger partial charge on any atom is 0.230 e. The van der Waals surface area contributed by atoms with Gasteiger partial charge >= 0.3 is 0 Å². The molecule has 2 nitrogen and oxygen atoms in total. The second-order valence-corrected chi connectivity index (χ2v) is 6.96. The van der Waals surface area contributed by atoms with Crippen molar-refractivity contribution >= 4 is 40.9 Å². The molecule has 1 fully saturated rings. The van der Waals surface area contributed by atoms with Crippen molar-refractivity contribution in [3.63, 3.8) is 0 Å². The summed E-state index contributed by atoms with van der Waals surface area (Å²) < 4.78 is 0. The minimum Gasteiger partial charge on any atom is -0.369 e. The largest absolute Gasteiger partial charge is 0.369 e. The van der Waals surface area contributed by atoms with Crippen LogP contribution in [0, 0.1) is 5.92 Å². The molecule has 1 aromatic carbocycles. The van der Waals surface area contributed by atoms with Crippen molar-refractivity contribution in [1.82, 2.24) is 0 Å². The summed E-state index contributed by atoms with van der Waals surface area (Å²) in [6.07, 6.45) is 4.63. The first-order valence-electron chi connectivity index (χ1n) is 6.42. The molecule has 104 valence electrons. The van der Waals surface area contributed by atoms with Crippen LogP contribution in [0.3, 0.4) is 0 Å². The van der Waals surface area contributed by atoms with E-state index in [2.05, 4.69) is 0 Å². The van der Waals surface area contributed by atoms with Crippen LogP contribution >= 0.6 is 35.0 Å². The number of hydrogen-bond donors (Lipinski definition) is 1. The van der Waals surface area contributed by atoms with E-state index in [1.165, 1.54) is 12.8 Å². The van der Waals surface area contributed by atoms with E-state index in [-0.39, 0.29) is 11.2 Å². The molecule has 1 aliphatic carbocycles. The lowest BCUT2D eigenvalue weighted by Gasteiger charge is -2.19. The van der Waals surface area contributed by atoms with Gasteiger partial charge in [0, 0.05) is 15.8 Å². The van der Waals surface area contributed by atoms with E-state index in [1.54, 1.807) is 17.8 Å². The van der Waals surface area contributed by atoms with E-state index in [0.29, 0.717) is 21.7 Å². The molecule has 0 saturated heterocycles. The van der Waals surface area contributed by atoms with Crippen LogP contribution in [0.2, 0.25) is 10.0 Å². The molecule has 0 aromatic heterocycles. The fraction of sp³-hybridized carbons (Fsp3) is 0.500.